The molecular weight excluding hydrogens is 269 g/mol. The van der Waals surface area contributed by atoms with Gasteiger partial charge < -0.3 is 5.73 Å². The second-order valence-electron chi connectivity index (χ2n) is 3.80. The van der Waals surface area contributed by atoms with Crippen LogP contribution in [0.5, 0.6) is 0 Å². The highest BCUT2D eigenvalue weighted by Gasteiger charge is 2.07. The van der Waals surface area contributed by atoms with Gasteiger partial charge in [-0.25, -0.2) is 14.1 Å². The van der Waals surface area contributed by atoms with E-state index in [9.17, 15) is 4.39 Å². The summed E-state index contributed by atoms with van der Waals surface area (Å²) in [5.41, 5.74) is 6.62. The predicted octanol–water partition coefficient (Wildman–Crippen LogP) is 1.84. The normalized spacial score (nSPS) is 10.4. The number of halogens is 2. The summed E-state index contributed by atoms with van der Waals surface area (Å²) in [6, 6.07) is 6.64. The predicted molar refractivity (Wildman–Crippen MR) is 71.8 cm³/mol. The van der Waals surface area contributed by atoms with Gasteiger partial charge >= 0.3 is 0 Å². The molecule has 0 atom stereocenters. The van der Waals surface area contributed by atoms with Crippen molar-refractivity contribution in [3.05, 3.63) is 48.4 Å². The van der Waals surface area contributed by atoms with Crippen LogP contribution < -0.4 is 5.73 Å². The Hall–Kier alpha value is -2.05. The molecule has 19 heavy (non-hydrogen) atoms. The van der Waals surface area contributed by atoms with Gasteiger partial charge in [-0.2, -0.15) is 5.10 Å². The molecule has 0 amide bonds. The fourth-order valence-corrected chi connectivity index (χ4v) is 1.85. The van der Waals surface area contributed by atoms with E-state index in [2.05, 4.69) is 15.1 Å². The van der Waals surface area contributed by atoms with Gasteiger partial charge in [-0.05, 0) is 12.1 Å². The Balaban J connectivity index is 0.00000133. The Labute approximate surface area is 114 Å². The molecule has 98 valence electrons. The number of nitrogens with two attached hydrogens (primary N) is 1. The monoisotopic (exact) mass is 279 g/mol. The van der Waals surface area contributed by atoms with Gasteiger partial charge in [0.25, 0.3) is 0 Å². The highest BCUT2D eigenvalue weighted by atomic mass is 35.5. The lowest BCUT2D eigenvalue weighted by Crippen LogP contribution is -2.08. The molecule has 0 unspecified atom stereocenters. The molecule has 3 rings (SSSR count). The van der Waals surface area contributed by atoms with Gasteiger partial charge in [0.1, 0.15) is 23.5 Å². The van der Waals surface area contributed by atoms with Crippen LogP contribution in [0.1, 0.15) is 5.82 Å². The maximum Gasteiger partial charge on any atom is 0.149 e. The molecule has 0 fully saturated rings. The molecule has 0 aliphatic rings. The molecule has 0 saturated carbocycles. The maximum atomic E-state index is 13.5. The van der Waals surface area contributed by atoms with Crippen molar-refractivity contribution in [3.8, 4) is 5.69 Å². The van der Waals surface area contributed by atoms with Crippen LogP contribution in [0.15, 0.2) is 36.8 Å². The Morgan fingerprint density at radius 2 is 2.11 bits per heavy atom. The van der Waals surface area contributed by atoms with Crippen LogP contribution in [0.3, 0.4) is 0 Å². The van der Waals surface area contributed by atoms with Crippen molar-refractivity contribution >= 4 is 23.3 Å². The first kappa shape index (κ1) is 13.4. The van der Waals surface area contributed by atoms with Gasteiger partial charge in [0.2, 0.25) is 0 Å². The molecule has 2 heterocycles. The van der Waals surface area contributed by atoms with E-state index in [1.165, 1.54) is 12.4 Å². The molecule has 0 spiro atoms. The van der Waals surface area contributed by atoms with Gasteiger partial charge in [-0.1, -0.05) is 12.1 Å². The van der Waals surface area contributed by atoms with Gasteiger partial charge in [-0.15, -0.1) is 12.4 Å². The van der Waals surface area contributed by atoms with E-state index >= 15 is 0 Å². The summed E-state index contributed by atoms with van der Waals surface area (Å²) in [5, 5.41) is 4.79. The Morgan fingerprint density at radius 3 is 2.89 bits per heavy atom. The number of fused-ring (bicyclic) bond motifs is 1. The van der Waals surface area contributed by atoms with E-state index in [4.69, 9.17) is 5.73 Å². The zero-order valence-electron chi connectivity index (χ0n) is 9.82. The number of nitrogens with zero attached hydrogens (tertiary/aromatic N) is 4. The topological polar surface area (TPSA) is 69.6 Å². The fraction of sp³-hybridized carbons (Fsp3) is 0.0833. The lowest BCUT2D eigenvalue weighted by Gasteiger charge is -2.05. The second-order valence-corrected chi connectivity index (χ2v) is 3.80. The molecule has 0 radical (unpaired) electrons. The number of hydrogen-bond acceptors (Lipinski definition) is 4. The van der Waals surface area contributed by atoms with Crippen molar-refractivity contribution in [1.82, 2.24) is 19.7 Å². The van der Waals surface area contributed by atoms with E-state index in [0.29, 0.717) is 22.4 Å². The van der Waals surface area contributed by atoms with Gasteiger partial charge in [0.05, 0.1) is 18.4 Å². The van der Waals surface area contributed by atoms with E-state index in [-0.39, 0.29) is 24.8 Å². The first-order valence-corrected chi connectivity index (χ1v) is 5.43. The summed E-state index contributed by atoms with van der Waals surface area (Å²) in [6.07, 6.45) is 2.98. The Kier molecular flexibility index (Phi) is 3.73. The van der Waals surface area contributed by atoms with Crippen molar-refractivity contribution in [2.24, 2.45) is 5.73 Å². The summed E-state index contributed by atoms with van der Waals surface area (Å²) in [6.45, 7) is 0.279. The third-order valence-electron chi connectivity index (χ3n) is 2.69. The summed E-state index contributed by atoms with van der Waals surface area (Å²) >= 11 is 0. The van der Waals surface area contributed by atoms with E-state index < -0.39 is 0 Å². The first-order chi connectivity index (χ1) is 8.79. The van der Waals surface area contributed by atoms with Crippen LogP contribution in [0.4, 0.5) is 4.39 Å². The van der Waals surface area contributed by atoms with E-state index in [0.717, 1.165) is 0 Å². The van der Waals surface area contributed by atoms with Crippen LogP contribution in [0.25, 0.3) is 16.6 Å². The third kappa shape index (κ3) is 2.27. The number of para-hydroxylation sites is 1. The summed E-state index contributed by atoms with van der Waals surface area (Å²) in [7, 11) is 0. The number of pyridine rings is 1. The van der Waals surface area contributed by atoms with Crippen LogP contribution in [0, 0.1) is 5.82 Å². The molecule has 0 saturated heterocycles. The maximum absolute atomic E-state index is 13.5. The minimum absolute atomic E-state index is 0. The van der Waals surface area contributed by atoms with Gasteiger partial charge in [0.15, 0.2) is 0 Å². The largest absolute Gasteiger partial charge is 0.324 e. The second kappa shape index (κ2) is 5.29. The van der Waals surface area contributed by atoms with Crippen molar-refractivity contribution in [3.63, 3.8) is 0 Å². The highest BCUT2D eigenvalue weighted by molar-refractivity contribution is 5.85. The van der Waals surface area contributed by atoms with E-state index in [1.807, 2.05) is 0 Å². The molecule has 1 aromatic carbocycles. The SMILES string of the molecule is Cl.NCc1ncnn1-c1cnc2c(F)cccc2c1. The standard InChI is InChI=1S/C12H10FN5.ClH/c13-10-3-1-2-8-4-9(6-15-12(8)10)18-11(5-14)16-7-17-18;/h1-4,6-7H,5,14H2;1H. The molecule has 2 aromatic heterocycles. The minimum Gasteiger partial charge on any atom is -0.324 e. The number of benzene rings is 1. The molecule has 0 aliphatic carbocycles. The van der Waals surface area contributed by atoms with Crippen LogP contribution in [-0.4, -0.2) is 19.7 Å². The zero-order valence-corrected chi connectivity index (χ0v) is 10.6. The third-order valence-corrected chi connectivity index (χ3v) is 2.69. The smallest absolute Gasteiger partial charge is 0.149 e. The van der Waals surface area contributed by atoms with Crippen molar-refractivity contribution in [2.45, 2.75) is 6.54 Å². The van der Waals surface area contributed by atoms with Crippen molar-refractivity contribution < 1.29 is 4.39 Å². The Bertz CT molecular complexity index is 712. The fourth-order valence-electron chi connectivity index (χ4n) is 1.85. The van der Waals surface area contributed by atoms with Crippen molar-refractivity contribution in [1.29, 1.82) is 0 Å². The molecule has 0 aliphatic heterocycles. The van der Waals surface area contributed by atoms with Crippen LogP contribution in [0.2, 0.25) is 0 Å². The lowest BCUT2D eigenvalue weighted by molar-refractivity contribution is 0.636. The molecule has 5 nitrogen and oxygen atoms in total. The number of rotatable bonds is 2. The van der Waals surface area contributed by atoms with Crippen molar-refractivity contribution in [2.75, 3.05) is 0 Å². The van der Waals surface area contributed by atoms with Crippen LogP contribution >= 0.6 is 12.4 Å². The average molecular weight is 280 g/mol. The van der Waals surface area contributed by atoms with Gasteiger partial charge in [-0.3, -0.25) is 4.98 Å². The summed E-state index contributed by atoms with van der Waals surface area (Å²) in [5.74, 6) is 0.296. The molecule has 0 bridgehead atoms. The van der Waals surface area contributed by atoms with Crippen LogP contribution in [-0.2, 0) is 6.54 Å². The molecule has 2 N–H and O–H groups in total. The van der Waals surface area contributed by atoms with Gasteiger partial charge in [0, 0.05) is 5.39 Å². The zero-order chi connectivity index (χ0) is 12.5. The summed E-state index contributed by atoms with van der Waals surface area (Å²) < 4.78 is 15.1. The molecule has 7 heteroatoms. The number of hydrogen-bond donors (Lipinski definition) is 1. The highest BCUT2D eigenvalue weighted by Crippen LogP contribution is 2.18. The Morgan fingerprint density at radius 1 is 1.26 bits per heavy atom. The first-order valence-electron chi connectivity index (χ1n) is 5.43. The average Bonchev–Trinajstić information content (AvgIpc) is 2.87. The molecular formula is C12H11ClFN5. The molecule has 3 aromatic rings. The number of aromatic nitrogens is 4. The quantitative estimate of drug-likeness (QED) is 0.777. The van der Waals surface area contributed by atoms with E-state index in [1.54, 1.807) is 29.1 Å². The lowest BCUT2D eigenvalue weighted by atomic mass is 10.2. The summed E-state index contributed by atoms with van der Waals surface area (Å²) in [4.78, 5) is 8.14. The minimum atomic E-state index is -0.336.